The van der Waals surface area contributed by atoms with E-state index in [0.717, 1.165) is 23.1 Å². The number of sulfonamides is 1. The highest BCUT2D eigenvalue weighted by atomic mass is 32.2. The Kier molecular flexibility index (Phi) is 7.09. The molecule has 0 radical (unpaired) electrons. The molecule has 40 heavy (non-hydrogen) atoms. The molecule has 3 heterocycles. The number of benzene rings is 2. The average molecular weight is 577 g/mol. The molecule has 2 fully saturated rings. The first-order valence-electron chi connectivity index (χ1n) is 12.6. The van der Waals surface area contributed by atoms with Crippen LogP contribution in [0.2, 0.25) is 0 Å². The molecule has 0 aliphatic carbocycles. The van der Waals surface area contributed by atoms with Crippen molar-refractivity contribution in [3.8, 4) is 0 Å². The Morgan fingerprint density at radius 1 is 1.12 bits per heavy atom. The van der Waals surface area contributed by atoms with Gasteiger partial charge in [-0.15, -0.1) is 0 Å². The molecule has 9 nitrogen and oxygen atoms in total. The van der Waals surface area contributed by atoms with Crippen molar-refractivity contribution in [2.75, 3.05) is 24.5 Å². The van der Waals surface area contributed by atoms with Crippen molar-refractivity contribution in [3.05, 3.63) is 70.1 Å². The van der Waals surface area contributed by atoms with Gasteiger partial charge < -0.3 is 15.3 Å². The van der Waals surface area contributed by atoms with Gasteiger partial charge in [0.2, 0.25) is 15.9 Å². The third kappa shape index (κ3) is 5.40. The zero-order chi connectivity index (χ0) is 28.9. The molecule has 2 aromatic rings. The second kappa shape index (κ2) is 10.1. The molecule has 212 valence electrons. The van der Waals surface area contributed by atoms with Crippen molar-refractivity contribution < 1.29 is 36.3 Å². The molecule has 3 aliphatic rings. The van der Waals surface area contributed by atoms with Crippen LogP contribution in [0.5, 0.6) is 0 Å². The Bertz CT molecular complexity index is 1530. The number of aryl methyl sites for hydroxylation is 1. The maximum atomic E-state index is 13.1. The number of carbonyl (C=O) groups excluding carboxylic acids is 2. The predicted octanol–water partition coefficient (Wildman–Crippen LogP) is 2.82. The molecule has 2 saturated heterocycles. The lowest BCUT2D eigenvalue weighted by atomic mass is 9.89. The quantitative estimate of drug-likeness (QED) is 0.568. The van der Waals surface area contributed by atoms with Crippen molar-refractivity contribution in [1.29, 1.82) is 0 Å². The van der Waals surface area contributed by atoms with Gasteiger partial charge in [0.1, 0.15) is 11.4 Å². The molecule has 0 aromatic heterocycles. The molecular weight excluding hydrogens is 549 g/mol. The van der Waals surface area contributed by atoms with Crippen LogP contribution in [0.25, 0.3) is 6.08 Å². The van der Waals surface area contributed by atoms with Gasteiger partial charge in [0.25, 0.3) is 5.91 Å². The number of nitrogens with one attached hydrogen (secondary N) is 1. The molecular formula is C27H27F3N4O5S. The van der Waals surface area contributed by atoms with E-state index >= 15 is 0 Å². The van der Waals surface area contributed by atoms with E-state index in [2.05, 4.69) is 10.3 Å². The summed E-state index contributed by atoms with van der Waals surface area (Å²) in [6, 6.07) is 9.67. The van der Waals surface area contributed by atoms with Gasteiger partial charge in [0.15, 0.2) is 0 Å². The Morgan fingerprint density at radius 3 is 2.48 bits per heavy atom. The summed E-state index contributed by atoms with van der Waals surface area (Å²) in [7, 11) is -3.84. The van der Waals surface area contributed by atoms with Crippen molar-refractivity contribution in [2.45, 2.75) is 44.0 Å². The van der Waals surface area contributed by atoms with Crippen LogP contribution in [0.3, 0.4) is 0 Å². The van der Waals surface area contributed by atoms with Crippen LogP contribution in [-0.2, 0) is 25.8 Å². The van der Waals surface area contributed by atoms with Crippen LogP contribution in [0.15, 0.2) is 52.9 Å². The fourth-order valence-electron chi connectivity index (χ4n) is 5.14. The lowest BCUT2D eigenvalue weighted by molar-refractivity contribution is -0.137. The number of β-amino-alcohol motifs (C(OH)–C–C–N with tert-alkyl or cyclic N) is 1. The largest absolute Gasteiger partial charge is 0.416 e. The number of aliphatic imine (C=N–C) groups is 1. The first kappa shape index (κ1) is 28.0. The Hall–Kier alpha value is -3.55. The second-order valence-corrected chi connectivity index (χ2v) is 12.0. The average Bonchev–Trinajstić information content (AvgIpc) is 3.40. The molecule has 3 aliphatic heterocycles. The van der Waals surface area contributed by atoms with Gasteiger partial charge in [-0.05, 0) is 61.2 Å². The third-order valence-electron chi connectivity index (χ3n) is 7.44. The highest BCUT2D eigenvalue weighted by Crippen LogP contribution is 2.34. The number of hydrogen-bond donors (Lipinski definition) is 2. The second-order valence-electron chi connectivity index (χ2n) is 10.2. The first-order chi connectivity index (χ1) is 18.8. The molecule has 5 rings (SSSR count). The van der Waals surface area contributed by atoms with Crippen molar-refractivity contribution >= 4 is 39.4 Å². The topological polar surface area (TPSA) is 119 Å². The summed E-state index contributed by atoms with van der Waals surface area (Å²) in [6.45, 7) is 2.02. The maximum Gasteiger partial charge on any atom is 0.416 e. The summed E-state index contributed by atoms with van der Waals surface area (Å²) in [5.41, 5.74) is 0.0360. The number of aliphatic hydroxyl groups excluding tert-OH is 1. The van der Waals surface area contributed by atoms with E-state index in [1.165, 1.54) is 27.4 Å². The number of piperidine rings is 1. The number of hydrogen-bond acceptors (Lipinski definition) is 6. The highest BCUT2D eigenvalue weighted by molar-refractivity contribution is 7.92. The van der Waals surface area contributed by atoms with Gasteiger partial charge in [0.05, 0.1) is 24.6 Å². The Labute approximate surface area is 229 Å². The molecule has 2 N–H and O–H groups in total. The summed E-state index contributed by atoms with van der Waals surface area (Å²) in [5.74, 6) is -0.605. The summed E-state index contributed by atoms with van der Waals surface area (Å²) < 4.78 is 66.7. The summed E-state index contributed by atoms with van der Waals surface area (Å²) >= 11 is 0. The fraction of sp³-hybridized carbons (Fsp3) is 0.370. The van der Waals surface area contributed by atoms with E-state index in [4.69, 9.17) is 0 Å². The molecule has 1 spiro atoms. The predicted molar refractivity (Wildman–Crippen MR) is 142 cm³/mol. The molecule has 1 atom stereocenters. The number of alkyl halides is 3. The van der Waals surface area contributed by atoms with Crippen LogP contribution < -0.4 is 10.2 Å². The minimum atomic E-state index is -4.54. The number of amides is 2. The fourth-order valence-corrected chi connectivity index (χ4v) is 6.33. The van der Waals surface area contributed by atoms with Gasteiger partial charge in [-0.1, -0.05) is 18.2 Å². The van der Waals surface area contributed by atoms with Gasteiger partial charge in [-0.3, -0.25) is 14.6 Å². The zero-order valence-electron chi connectivity index (χ0n) is 21.5. The summed E-state index contributed by atoms with van der Waals surface area (Å²) in [6.07, 6.45) is -3.56. The van der Waals surface area contributed by atoms with E-state index in [0.29, 0.717) is 11.3 Å². The molecule has 2 amide bonds. The minimum Gasteiger partial charge on any atom is -0.391 e. The van der Waals surface area contributed by atoms with Crippen LogP contribution in [0.1, 0.15) is 41.5 Å². The van der Waals surface area contributed by atoms with Crippen molar-refractivity contribution in [2.24, 2.45) is 4.99 Å². The zero-order valence-corrected chi connectivity index (χ0v) is 22.3. The number of anilines is 1. The SMILES string of the molecule is Cc1cc(N2C[C@H](O)CC2=O)ccc1C=CS(=O)(=O)N1CCC2(CC1)N=C(c1cccc(C(F)(F)F)c1)NC2=O. The Morgan fingerprint density at radius 2 is 1.85 bits per heavy atom. The van der Waals surface area contributed by atoms with E-state index in [9.17, 15) is 36.3 Å². The minimum absolute atomic E-state index is 0.0107. The van der Waals surface area contributed by atoms with Crippen LogP contribution in [-0.4, -0.2) is 66.8 Å². The lowest BCUT2D eigenvalue weighted by Crippen LogP contribution is -2.50. The first-order valence-corrected chi connectivity index (χ1v) is 14.1. The number of amidine groups is 1. The van der Waals surface area contributed by atoms with Gasteiger partial charge in [-0.25, -0.2) is 8.42 Å². The number of halogens is 3. The van der Waals surface area contributed by atoms with Crippen LogP contribution >= 0.6 is 0 Å². The maximum absolute atomic E-state index is 13.1. The van der Waals surface area contributed by atoms with Gasteiger partial charge in [0, 0.05) is 29.7 Å². The molecule has 0 unspecified atom stereocenters. The smallest absolute Gasteiger partial charge is 0.391 e. The highest BCUT2D eigenvalue weighted by Gasteiger charge is 2.47. The number of rotatable bonds is 5. The monoisotopic (exact) mass is 576 g/mol. The summed E-state index contributed by atoms with van der Waals surface area (Å²) in [5, 5.41) is 13.4. The summed E-state index contributed by atoms with van der Waals surface area (Å²) in [4.78, 5) is 30.8. The molecule has 2 aromatic carbocycles. The van der Waals surface area contributed by atoms with E-state index in [-0.39, 0.29) is 56.2 Å². The normalized spacial score (nSPS) is 21.9. The Balaban J connectivity index is 1.27. The van der Waals surface area contributed by atoms with Crippen LogP contribution in [0.4, 0.5) is 18.9 Å². The number of aliphatic hydroxyl groups is 1. The number of nitrogens with zero attached hydrogens (tertiary/aromatic N) is 3. The van der Waals surface area contributed by atoms with E-state index < -0.39 is 39.3 Å². The van der Waals surface area contributed by atoms with E-state index in [1.807, 2.05) is 0 Å². The standard InChI is InChI=1S/C27H27F3N4O5S/c1-17-13-21(34-16-22(35)15-23(34)36)6-5-18(17)7-12-40(38,39)33-10-8-26(9-11-33)25(37)31-24(32-26)19-3-2-4-20(14-19)27(28,29)30/h2-7,12-14,22,35H,8-11,15-16H2,1H3,(H,31,32,37)/t22-/m1/s1. The molecule has 0 saturated carbocycles. The van der Waals surface area contributed by atoms with Crippen molar-refractivity contribution in [1.82, 2.24) is 9.62 Å². The van der Waals surface area contributed by atoms with Gasteiger partial charge >= 0.3 is 6.18 Å². The molecule has 13 heteroatoms. The third-order valence-corrected chi connectivity index (χ3v) is 9.01. The van der Waals surface area contributed by atoms with Crippen LogP contribution in [0, 0.1) is 6.92 Å². The van der Waals surface area contributed by atoms with Crippen molar-refractivity contribution in [3.63, 3.8) is 0 Å². The number of carbonyl (C=O) groups is 2. The molecule has 0 bridgehead atoms. The lowest BCUT2D eigenvalue weighted by Gasteiger charge is -2.34. The van der Waals surface area contributed by atoms with Gasteiger partial charge in [-0.2, -0.15) is 17.5 Å². The van der Waals surface area contributed by atoms with E-state index in [1.54, 1.807) is 25.1 Å².